The maximum absolute atomic E-state index is 6.33. The van der Waals surface area contributed by atoms with Gasteiger partial charge in [0.2, 0.25) is 0 Å². The molecule has 5 saturated carbocycles. The van der Waals surface area contributed by atoms with Crippen molar-refractivity contribution in [2.45, 2.75) is 136 Å². The topological polar surface area (TPSA) is 27.7 Å². The molecular weight excluding hydrogens is 420 g/mol. The second-order valence-corrected chi connectivity index (χ2v) is 15.2. The fourth-order valence-electron chi connectivity index (χ4n) is 11.8. The molecule has 1 aliphatic heterocycles. The van der Waals surface area contributed by atoms with Crippen LogP contribution in [0, 0.1) is 51.8 Å². The number of rotatable bonds is 5. The van der Waals surface area contributed by atoms with Crippen LogP contribution in [0.5, 0.6) is 0 Å². The van der Waals surface area contributed by atoms with Crippen molar-refractivity contribution in [3.8, 4) is 0 Å². The average Bonchev–Trinajstić information content (AvgIpc) is 3.15. The summed E-state index contributed by atoms with van der Waals surface area (Å²) in [6, 6.07) is 0. The summed E-state index contributed by atoms with van der Waals surface area (Å²) in [7, 11) is 2.02. The summed E-state index contributed by atoms with van der Waals surface area (Å²) in [6.45, 7) is 16.5. The van der Waals surface area contributed by atoms with E-state index in [4.69, 9.17) is 14.2 Å². The maximum Gasteiger partial charge on any atom is 0.164 e. The summed E-state index contributed by atoms with van der Waals surface area (Å²) >= 11 is 0. The average molecular weight is 473 g/mol. The van der Waals surface area contributed by atoms with E-state index in [2.05, 4.69) is 48.5 Å². The lowest BCUT2D eigenvalue weighted by Crippen LogP contribution is -2.57. The van der Waals surface area contributed by atoms with Crippen molar-refractivity contribution >= 4 is 0 Å². The largest absolute Gasteiger partial charge is 0.381 e. The first-order chi connectivity index (χ1) is 15.9. The van der Waals surface area contributed by atoms with Gasteiger partial charge in [-0.2, -0.15) is 0 Å². The normalized spacial score (nSPS) is 55.2. The molecule has 3 heteroatoms. The molecule has 0 unspecified atom stereocenters. The molecule has 34 heavy (non-hydrogen) atoms. The van der Waals surface area contributed by atoms with E-state index in [0.29, 0.717) is 22.3 Å². The summed E-state index contributed by atoms with van der Waals surface area (Å²) < 4.78 is 18.9. The fourth-order valence-corrected chi connectivity index (χ4v) is 11.8. The van der Waals surface area contributed by atoms with Crippen molar-refractivity contribution in [1.82, 2.24) is 0 Å². The van der Waals surface area contributed by atoms with Crippen LogP contribution in [0.25, 0.3) is 0 Å². The van der Waals surface area contributed by atoms with Gasteiger partial charge < -0.3 is 14.2 Å². The van der Waals surface area contributed by atoms with E-state index in [1.807, 2.05) is 7.11 Å². The van der Waals surface area contributed by atoms with Gasteiger partial charge in [0, 0.05) is 12.5 Å². The molecule has 1 heterocycles. The first-order valence-electron chi connectivity index (χ1n) is 14.8. The molecule has 194 valence electrons. The Kier molecular flexibility index (Phi) is 5.32. The Morgan fingerprint density at radius 3 is 2.35 bits per heavy atom. The van der Waals surface area contributed by atoms with Crippen LogP contribution < -0.4 is 0 Å². The van der Waals surface area contributed by atoms with E-state index in [0.717, 1.165) is 41.9 Å². The summed E-state index contributed by atoms with van der Waals surface area (Å²) in [5.74, 6) is 4.89. The first-order valence-corrected chi connectivity index (χ1v) is 14.8. The quantitative estimate of drug-likeness (QED) is 0.412. The third-order valence-corrected chi connectivity index (χ3v) is 13.2. The smallest absolute Gasteiger partial charge is 0.164 e. The van der Waals surface area contributed by atoms with Gasteiger partial charge in [0.15, 0.2) is 5.79 Å². The zero-order valence-corrected chi connectivity index (χ0v) is 23.4. The van der Waals surface area contributed by atoms with Gasteiger partial charge in [0.1, 0.15) is 0 Å². The molecule has 1 spiro atoms. The summed E-state index contributed by atoms with van der Waals surface area (Å²) in [6.07, 6.45) is 14.7. The van der Waals surface area contributed by atoms with E-state index in [-0.39, 0.29) is 11.7 Å². The molecule has 1 saturated heterocycles. The van der Waals surface area contributed by atoms with Gasteiger partial charge >= 0.3 is 0 Å². The van der Waals surface area contributed by atoms with Crippen LogP contribution in [0.15, 0.2) is 0 Å². The molecule has 0 N–H and O–H groups in total. The van der Waals surface area contributed by atoms with Crippen molar-refractivity contribution in [3.63, 3.8) is 0 Å². The number of fused-ring (bicyclic) bond motifs is 4. The summed E-state index contributed by atoms with van der Waals surface area (Å²) in [5.41, 5.74) is 1.42. The SMILES string of the molecule is CO[C@@H]1C[C@H]2[C@@H]3CC[C@H]([C@H](C)CC[C@H]4OC(C)(C)OC4(C)C)[C@@]3(C)CC[C@@H]2[C@@]2(C)CC[C@H]3C[C@]312. The third-order valence-electron chi connectivity index (χ3n) is 13.2. The number of methoxy groups -OCH3 is 1. The third kappa shape index (κ3) is 3.11. The zero-order chi connectivity index (χ0) is 24.3. The van der Waals surface area contributed by atoms with Crippen molar-refractivity contribution in [1.29, 1.82) is 0 Å². The molecule has 11 atom stereocenters. The Bertz CT molecular complexity index is 819. The van der Waals surface area contributed by atoms with Crippen LogP contribution in [0.3, 0.4) is 0 Å². The highest BCUT2D eigenvalue weighted by Crippen LogP contribution is 2.82. The van der Waals surface area contributed by atoms with E-state index in [1.54, 1.807) is 0 Å². The Balaban J connectivity index is 1.17. The van der Waals surface area contributed by atoms with Crippen molar-refractivity contribution in [2.75, 3.05) is 7.11 Å². The Labute approximate surface area is 209 Å². The van der Waals surface area contributed by atoms with E-state index < -0.39 is 5.79 Å². The van der Waals surface area contributed by atoms with Gasteiger partial charge in [0.25, 0.3) is 0 Å². The summed E-state index contributed by atoms with van der Waals surface area (Å²) in [5, 5.41) is 0. The van der Waals surface area contributed by atoms with Crippen LogP contribution in [0.1, 0.15) is 113 Å². The molecular formula is C31H52O3. The lowest BCUT2D eigenvalue weighted by atomic mass is 9.45. The molecule has 6 aliphatic rings. The molecule has 0 radical (unpaired) electrons. The molecule has 0 aromatic heterocycles. The molecule has 0 amide bonds. The van der Waals surface area contributed by atoms with E-state index in [1.165, 1.54) is 57.8 Å². The monoisotopic (exact) mass is 472 g/mol. The molecule has 0 bridgehead atoms. The Morgan fingerprint density at radius 1 is 0.941 bits per heavy atom. The maximum atomic E-state index is 6.33. The molecule has 0 aromatic carbocycles. The van der Waals surface area contributed by atoms with Crippen LogP contribution >= 0.6 is 0 Å². The highest BCUT2D eigenvalue weighted by Gasteiger charge is 2.77. The number of hydrogen-bond acceptors (Lipinski definition) is 3. The van der Waals surface area contributed by atoms with Crippen LogP contribution in [0.4, 0.5) is 0 Å². The number of hydrogen-bond donors (Lipinski definition) is 0. The van der Waals surface area contributed by atoms with E-state index >= 15 is 0 Å². The fraction of sp³-hybridized carbons (Fsp3) is 1.00. The highest BCUT2D eigenvalue weighted by atomic mass is 16.8. The first kappa shape index (κ1) is 24.2. The van der Waals surface area contributed by atoms with Gasteiger partial charge in [-0.05, 0) is 138 Å². The molecule has 6 fully saturated rings. The van der Waals surface area contributed by atoms with Gasteiger partial charge in [-0.15, -0.1) is 0 Å². The van der Waals surface area contributed by atoms with Crippen molar-refractivity contribution in [2.24, 2.45) is 51.8 Å². The van der Waals surface area contributed by atoms with E-state index in [9.17, 15) is 0 Å². The predicted octanol–water partition coefficient (Wildman–Crippen LogP) is 7.62. The zero-order valence-electron chi connectivity index (χ0n) is 23.4. The molecule has 0 aromatic rings. The number of ether oxygens (including phenoxy) is 3. The molecule has 5 aliphatic carbocycles. The van der Waals surface area contributed by atoms with Crippen molar-refractivity contribution in [3.05, 3.63) is 0 Å². The van der Waals surface area contributed by atoms with Crippen LogP contribution in [-0.2, 0) is 14.2 Å². The Hall–Kier alpha value is -0.120. The minimum Gasteiger partial charge on any atom is -0.381 e. The lowest BCUT2D eigenvalue weighted by Gasteiger charge is -2.61. The minimum absolute atomic E-state index is 0.186. The predicted molar refractivity (Wildman–Crippen MR) is 136 cm³/mol. The second kappa shape index (κ2) is 7.47. The summed E-state index contributed by atoms with van der Waals surface area (Å²) in [4.78, 5) is 0. The standard InChI is InChI=1S/C31H52O3/c1-19(9-12-25-27(2,3)34-28(4,5)33-25)22-10-11-23-21-17-26(32-8)31-18-20(31)13-16-30(31,7)24(21)14-15-29(22,23)6/h19-26H,9-18H2,1-8H3/t19-,20+,21+,22-,23+,24+,25-,26-,29-,30-,31+/m1/s1. The van der Waals surface area contributed by atoms with Crippen LogP contribution in [-0.4, -0.2) is 30.7 Å². The van der Waals surface area contributed by atoms with Gasteiger partial charge in [-0.1, -0.05) is 20.8 Å². The Morgan fingerprint density at radius 2 is 1.71 bits per heavy atom. The lowest BCUT2D eigenvalue weighted by molar-refractivity contribution is -0.161. The second-order valence-electron chi connectivity index (χ2n) is 15.2. The minimum atomic E-state index is -0.451. The highest BCUT2D eigenvalue weighted by molar-refractivity contribution is 5.26. The van der Waals surface area contributed by atoms with Gasteiger partial charge in [-0.3, -0.25) is 0 Å². The molecule has 6 rings (SSSR count). The molecule has 3 nitrogen and oxygen atoms in total. The van der Waals surface area contributed by atoms with Gasteiger partial charge in [-0.25, -0.2) is 0 Å². The van der Waals surface area contributed by atoms with Crippen LogP contribution in [0.2, 0.25) is 0 Å². The van der Waals surface area contributed by atoms with Gasteiger partial charge in [0.05, 0.1) is 17.8 Å². The van der Waals surface area contributed by atoms with Crippen molar-refractivity contribution < 1.29 is 14.2 Å².